The van der Waals surface area contributed by atoms with E-state index in [1.807, 2.05) is 18.2 Å². The maximum absolute atomic E-state index is 12.6. The minimum Gasteiger partial charge on any atom is -0.351 e. The van der Waals surface area contributed by atoms with Crippen LogP contribution in [-0.4, -0.2) is 68.6 Å². The van der Waals surface area contributed by atoms with E-state index in [0.29, 0.717) is 23.7 Å². The Hall–Kier alpha value is -1.64. The molecule has 6 nitrogen and oxygen atoms in total. The molecular formula is C21H27Cl2N3O3S. The van der Waals surface area contributed by atoms with Gasteiger partial charge in [-0.15, -0.1) is 12.4 Å². The first-order chi connectivity index (χ1) is 13.9. The number of rotatable bonds is 8. The van der Waals surface area contributed by atoms with Crippen LogP contribution in [0.4, 0.5) is 0 Å². The number of sulfonamides is 1. The molecule has 2 aromatic carbocycles. The molecule has 1 amide bonds. The summed E-state index contributed by atoms with van der Waals surface area (Å²) < 4.78 is 26.7. The zero-order valence-corrected chi connectivity index (χ0v) is 19.1. The number of nitrogens with one attached hydrogen (secondary N) is 1. The number of piperazine rings is 1. The summed E-state index contributed by atoms with van der Waals surface area (Å²) in [5.41, 5.74) is 1.71. The predicted octanol–water partition coefficient (Wildman–Crippen LogP) is 2.68. The van der Waals surface area contributed by atoms with E-state index in [1.165, 1.54) is 9.87 Å². The highest BCUT2D eigenvalue weighted by molar-refractivity contribution is 7.89. The van der Waals surface area contributed by atoms with Crippen LogP contribution in [0.1, 0.15) is 15.9 Å². The number of hydrogen-bond acceptors (Lipinski definition) is 4. The van der Waals surface area contributed by atoms with Crippen molar-refractivity contribution in [2.45, 2.75) is 6.42 Å². The van der Waals surface area contributed by atoms with Crippen LogP contribution in [-0.2, 0) is 16.4 Å². The summed E-state index contributed by atoms with van der Waals surface area (Å²) in [6.07, 6.45) is 0.961. The molecule has 1 N–H and O–H groups in total. The monoisotopic (exact) mass is 471 g/mol. The number of nitrogens with zero attached hydrogens (tertiary/aromatic N) is 2. The molecule has 1 heterocycles. The van der Waals surface area contributed by atoms with Gasteiger partial charge in [-0.25, -0.2) is 8.42 Å². The molecule has 1 fully saturated rings. The average Bonchev–Trinajstić information content (AvgIpc) is 2.73. The first-order valence-corrected chi connectivity index (χ1v) is 11.7. The summed E-state index contributed by atoms with van der Waals surface area (Å²) in [6.45, 7) is 3.41. The summed E-state index contributed by atoms with van der Waals surface area (Å²) in [5.74, 6) is -0.433. The van der Waals surface area contributed by atoms with Gasteiger partial charge in [-0.3, -0.25) is 4.79 Å². The number of benzene rings is 2. The Balaban J connectivity index is 0.00000320. The molecule has 30 heavy (non-hydrogen) atoms. The van der Waals surface area contributed by atoms with Crippen molar-refractivity contribution in [2.24, 2.45) is 0 Å². The highest BCUT2D eigenvalue weighted by Gasteiger charge is 2.26. The fourth-order valence-electron chi connectivity index (χ4n) is 3.32. The van der Waals surface area contributed by atoms with Gasteiger partial charge in [0.25, 0.3) is 5.91 Å². The zero-order valence-electron chi connectivity index (χ0n) is 16.7. The number of halogens is 2. The van der Waals surface area contributed by atoms with Crippen LogP contribution in [0, 0.1) is 0 Å². The Morgan fingerprint density at radius 2 is 1.70 bits per heavy atom. The molecule has 0 spiro atoms. The van der Waals surface area contributed by atoms with Crippen molar-refractivity contribution in [3.05, 3.63) is 70.7 Å². The Morgan fingerprint density at radius 1 is 1.00 bits per heavy atom. The van der Waals surface area contributed by atoms with Crippen LogP contribution in [0.2, 0.25) is 5.02 Å². The van der Waals surface area contributed by atoms with Crippen LogP contribution in [0.5, 0.6) is 0 Å². The van der Waals surface area contributed by atoms with Crippen LogP contribution < -0.4 is 5.32 Å². The minimum absolute atomic E-state index is 0. The molecule has 0 aromatic heterocycles. The van der Waals surface area contributed by atoms with Gasteiger partial charge >= 0.3 is 0 Å². The van der Waals surface area contributed by atoms with E-state index >= 15 is 0 Å². The van der Waals surface area contributed by atoms with Gasteiger partial charge in [0.1, 0.15) is 0 Å². The van der Waals surface area contributed by atoms with E-state index in [9.17, 15) is 13.2 Å². The van der Waals surface area contributed by atoms with Crippen molar-refractivity contribution in [1.29, 1.82) is 0 Å². The van der Waals surface area contributed by atoms with Gasteiger partial charge in [-0.1, -0.05) is 48.0 Å². The molecule has 0 saturated carbocycles. The summed E-state index contributed by atoms with van der Waals surface area (Å²) in [7, 11) is -3.39. The van der Waals surface area contributed by atoms with Crippen LogP contribution in [0.25, 0.3) is 0 Å². The number of carbonyl (C=O) groups excluding carboxylic acids is 1. The van der Waals surface area contributed by atoms with Crippen molar-refractivity contribution >= 4 is 39.9 Å². The Labute approximate surface area is 189 Å². The lowest BCUT2D eigenvalue weighted by atomic mass is 10.1. The largest absolute Gasteiger partial charge is 0.351 e. The topological polar surface area (TPSA) is 69.7 Å². The van der Waals surface area contributed by atoms with E-state index in [-0.39, 0.29) is 30.6 Å². The zero-order chi connectivity index (χ0) is 20.7. The first kappa shape index (κ1) is 24.6. The van der Waals surface area contributed by atoms with Gasteiger partial charge in [0.2, 0.25) is 10.0 Å². The second-order valence-electron chi connectivity index (χ2n) is 7.06. The quantitative estimate of drug-likeness (QED) is 0.642. The molecule has 9 heteroatoms. The summed E-state index contributed by atoms with van der Waals surface area (Å²) in [5, 5.41) is 3.12. The van der Waals surface area contributed by atoms with Crippen LogP contribution in [0.3, 0.4) is 0 Å². The van der Waals surface area contributed by atoms with Gasteiger partial charge < -0.3 is 10.2 Å². The number of carbonyl (C=O) groups is 1. The van der Waals surface area contributed by atoms with Gasteiger partial charge in [-0.05, 0) is 30.2 Å². The molecule has 0 bridgehead atoms. The highest BCUT2D eigenvalue weighted by Crippen LogP contribution is 2.11. The Morgan fingerprint density at radius 3 is 2.37 bits per heavy atom. The van der Waals surface area contributed by atoms with E-state index in [1.54, 1.807) is 24.3 Å². The third kappa shape index (κ3) is 7.25. The van der Waals surface area contributed by atoms with Gasteiger partial charge in [0, 0.05) is 49.9 Å². The van der Waals surface area contributed by atoms with E-state index < -0.39 is 10.0 Å². The smallest absolute Gasteiger partial charge is 0.251 e. The van der Waals surface area contributed by atoms with Crippen molar-refractivity contribution in [3.63, 3.8) is 0 Å². The van der Waals surface area contributed by atoms with E-state index in [0.717, 1.165) is 26.1 Å². The lowest BCUT2D eigenvalue weighted by Gasteiger charge is -2.34. The molecule has 1 aliphatic heterocycles. The average molecular weight is 472 g/mol. The molecule has 0 radical (unpaired) electrons. The lowest BCUT2D eigenvalue weighted by Crippen LogP contribution is -2.50. The lowest BCUT2D eigenvalue weighted by molar-refractivity contribution is 0.0956. The van der Waals surface area contributed by atoms with Crippen molar-refractivity contribution < 1.29 is 13.2 Å². The van der Waals surface area contributed by atoms with Crippen LogP contribution >= 0.6 is 24.0 Å². The number of amides is 1. The second kappa shape index (κ2) is 11.7. The maximum Gasteiger partial charge on any atom is 0.251 e. The standard InChI is InChI=1S/C21H26ClN3O3S.ClH/c22-20-8-4-7-19(17-20)21(26)23-10-16-29(27,28)25-14-12-24(13-15-25)11-9-18-5-2-1-3-6-18;/h1-8,17H,9-16H2,(H,23,26);1H. The van der Waals surface area contributed by atoms with E-state index in [2.05, 4.69) is 22.3 Å². The summed E-state index contributed by atoms with van der Waals surface area (Å²) in [4.78, 5) is 14.4. The fourth-order valence-corrected chi connectivity index (χ4v) is 4.85. The van der Waals surface area contributed by atoms with Crippen molar-refractivity contribution in [3.8, 4) is 0 Å². The predicted molar refractivity (Wildman–Crippen MR) is 123 cm³/mol. The highest BCUT2D eigenvalue weighted by atomic mass is 35.5. The van der Waals surface area contributed by atoms with E-state index in [4.69, 9.17) is 11.6 Å². The van der Waals surface area contributed by atoms with Gasteiger partial charge in [0.15, 0.2) is 0 Å². The molecule has 0 atom stereocenters. The Bertz CT molecular complexity index is 918. The summed E-state index contributed by atoms with van der Waals surface area (Å²) in [6, 6.07) is 16.9. The van der Waals surface area contributed by atoms with Crippen molar-refractivity contribution in [2.75, 3.05) is 45.0 Å². The molecule has 0 aliphatic carbocycles. The minimum atomic E-state index is -3.39. The second-order valence-corrected chi connectivity index (χ2v) is 9.58. The SMILES string of the molecule is Cl.O=C(NCCS(=O)(=O)N1CCN(CCc2ccccc2)CC1)c1cccc(Cl)c1. The first-order valence-electron chi connectivity index (χ1n) is 9.72. The normalized spacial score (nSPS) is 15.4. The molecule has 1 aliphatic rings. The molecule has 0 unspecified atom stereocenters. The third-order valence-corrected chi connectivity index (χ3v) is 7.12. The molecule has 2 aromatic rings. The maximum atomic E-state index is 12.6. The van der Waals surface area contributed by atoms with Crippen LogP contribution in [0.15, 0.2) is 54.6 Å². The van der Waals surface area contributed by atoms with Crippen molar-refractivity contribution in [1.82, 2.24) is 14.5 Å². The molecule has 1 saturated heterocycles. The number of hydrogen-bond donors (Lipinski definition) is 1. The van der Waals surface area contributed by atoms with Gasteiger partial charge in [-0.2, -0.15) is 4.31 Å². The Kier molecular flexibility index (Phi) is 9.58. The molecular weight excluding hydrogens is 445 g/mol. The third-order valence-electron chi connectivity index (χ3n) is 5.02. The van der Waals surface area contributed by atoms with Gasteiger partial charge in [0.05, 0.1) is 5.75 Å². The fraction of sp³-hybridized carbons (Fsp3) is 0.381. The molecule has 3 rings (SSSR count). The molecule has 164 valence electrons. The summed E-state index contributed by atoms with van der Waals surface area (Å²) >= 11 is 5.88.